The van der Waals surface area contributed by atoms with Crippen LogP contribution < -0.4 is 16.9 Å². The number of pyridine rings is 1. The van der Waals surface area contributed by atoms with E-state index in [2.05, 4.69) is 20.1 Å². The van der Waals surface area contributed by atoms with E-state index in [9.17, 15) is 4.79 Å². The van der Waals surface area contributed by atoms with Gasteiger partial charge in [-0.3, -0.25) is 20.2 Å². The van der Waals surface area contributed by atoms with Crippen LogP contribution >= 0.6 is 0 Å². The topological polar surface area (TPSA) is 139 Å². The van der Waals surface area contributed by atoms with Gasteiger partial charge in [0.05, 0.1) is 17.0 Å². The third-order valence-corrected chi connectivity index (χ3v) is 4.07. The Morgan fingerprint density at radius 3 is 2.45 bits per heavy atom. The number of aromatic nitrogens is 1. The van der Waals surface area contributed by atoms with Crippen molar-refractivity contribution in [1.82, 2.24) is 4.98 Å². The molecule has 8 heteroatoms. The zero-order valence-corrected chi connectivity index (χ0v) is 15.4. The second-order valence-electron chi connectivity index (χ2n) is 6.01. The molecule has 8 nitrogen and oxygen atoms in total. The van der Waals surface area contributed by atoms with Gasteiger partial charge in [0.15, 0.2) is 6.17 Å². The van der Waals surface area contributed by atoms with E-state index in [1.54, 1.807) is 18.3 Å². The first-order valence-electron chi connectivity index (χ1n) is 8.75. The number of hydrogen-bond donors (Lipinski definition) is 4. The Morgan fingerprint density at radius 2 is 1.76 bits per heavy atom. The SMILES string of the molecule is N=C(ON)c1cccnc1.NC1N=C(c2ccccc2)c2ccccc2NC1=O. The minimum atomic E-state index is -0.886. The minimum Gasteiger partial charge on any atom is -0.391 e. The van der Waals surface area contributed by atoms with Gasteiger partial charge in [-0.15, -0.1) is 0 Å². The molecule has 0 aliphatic carbocycles. The van der Waals surface area contributed by atoms with Gasteiger partial charge in [0.1, 0.15) is 0 Å². The van der Waals surface area contributed by atoms with Crippen LogP contribution in [0.2, 0.25) is 0 Å². The van der Waals surface area contributed by atoms with E-state index in [4.69, 9.17) is 17.0 Å². The lowest BCUT2D eigenvalue weighted by molar-refractivity contribution is -0.117. The molecule has 6 N–H and O–H groups in total. The molecule has 1 amide bonds. The molecule has 2 heterocycles. The quantitative estimate of drug-likeness (QED) is 0.302. The summed E-state index contributed by atoms with van der Waals surface area (Å²) in [5.74, 6) is 4.38. The Labute approximate surface area is 167 Å². The van der Waals surface area contributed by atoms with Gasteiger partial charge in [-0.2, -0.15) is 5.90 Å². The van der Waals surface area contributed by atoms with Crippen molar-refractivity contribution in [1.29, 1.82) is 5.41 Å². The molecular formula is C21H20N6O2. The molecule has 1 aromatic heterocycles. The fourth-order valence-corrected chi connectivity index (χ4v) is 2.66. The Morgan fingerprint density at radius 1 is 1.03 bits per heavy atom. The monoisotopic (exact) mass is 388 g/mol. The van der Waals surface area contributed by atoms with Crippen molar-refractivity contribution in [2.45, 2.75) is 6.17 Å². The standard InChI is InChI=1S/C15H13N3O.C6H7N3O/c16-14-15(19)17-12-9-5-4-8-11(12)13(18-14)10-6-2-1-3-7-10;7-6(10-8)5-2-1-3-9-4-5/h1-9,14H,16H2,(H,17,19);1-4,7H,8H2. The number of benzodiazepines with no additional fused rings is 1. The van der Waals surface area contributed by atoms with Gasteiger partial charge in [0.25, 0.3) is 5.91 Å². The molecule has 0 radical (unpaired) electrons. The third-order valence-electron chi connectivity index (χ3n) is 4.07. The fraction of sp³-hybridized carbons (Fsp3) is 0.0476. The Kier molecular flexibility index (Phi) is 6.41. The van der Waals surface area contributed by atoms with Crippen LogP contribution in [0, 0.1) is 5.41 Å². The summed E-state index contributed by atoms with van der Waals surface area (Å²) in [4.78, 5) is 24.1. The number of hydrogen-bond acceptors (Lipinski definition) is 7. The zero-order chi connectivity index (χ0) is 20.6. The summed E-state index contributed by atoms with van der Waals surface area (Å²) in [7, 11) is 0. The van der Waals surface area contributed by atoms with Crippen LogP contribution in [0.3, 0.4) is 0 Å². The maximum Gasteiger partial charge on any atom is 0.263 e. The molecular weight excluding hydrogens is 368 g/mol. The highest BCUT2D eigenvalue weighted by molar-refractivity contribution is 6.19. The first-order valence-corrected chi connectivity index (χ1v) is 8.75. The number of carbonyl (C=O) groups is 1. The summed E-state index contributed by atoms with van der Waals surface area (Å²) in [6.07, 6.45) is 2.24. The van der Waals surface area contributed by atoms with Gasteiger partial charge in [-0.05, 0) is 18.2 Å². The molecule has 4 rings (SSSR count). The summed E-state index contributed by atoms with van der Waals surface area (Å²) in [5.41, 5.74) is 9.67. The van der Waals surface area contributed by atoms with Crippen LogP contribution in [0.5, 0.6) is 0 Å². The number of anilines is 1. The Bertz CT molecular complexity index is 1020. The van der Waals surface area contributed by atoms with Crippen molar-refractivity contribution in [2.75, 3.05) is 5.32 Å². The van der Waals surface area contributed by atoms with Crippen molar-refractivity contribution in [3.63, 3.8) is 0 Å². The number of rotatable bonds is 2. The number of nitrogens with zero attached hydrogens (tertiary/aromatic N) is 2. The first kappa shape index (κ1) is 19.9. The van der Waals surface area contributed by atoms with Crippen LogP contribution in [-0.2, 0) is 9.63 Å². The van der Waals surface area contributed by atoms with E-state index in [1.807, 2.05) is 54.6 Å². The van der Waals surface area contributed by atoms with E-state index < -0.39 is 6.17 Å². The van der Waals surface area contributed by atoms with Gasteiger partial charge in [-0.25, -0.2) is 0 Å². The Balaban J connectivity index is 0.000000204. The smallest absolute Gasteiger partial charge is 0.263 e. The average molecular weight is 388 g/mol. The van der Waals surface area contributed by atoms with E-state index in [0.29, 0.717) is 5.56 Å². The average Bonchev–Trinajstić information content (AvgIpc) is 2.91. The van der Waals surface area contributed by atoms with Crippen LogP contribution in [0.1, 0.15) is 16.7 Å². The van der Waals surface area contributed by atoms with Gasteiger partial charge >= 0.3 is 0 Å². The summed E-state index contributed by atoms with van der Waals surface area (Å²) in [6, 6.07) is 20.7. The maximum absolute atomic E-state index is 11.8. The number of carbonyl (C=O) groups excluding carboxylic acids is 1. The van der Waals surface area contributed by atoms with Gasteiger partial charge < -0.3 is 15.9 Å². The lowest BCUT2D eigenvalue weighted by atomic mass is 10.0. The normalized spacial score (nSPS) is 14.9. The molecule has 3 aromatic rings. The van der Waals surface area contributed by atoms with Crippen LogP contribution in [0.25, 0.3) is 0 Å². The molecule has 0 bridgehead atoms. The predicted octanol–water partition coefficient (Wildman–Crippen LogP) is 2.06. The number of para-hydroxylation sites is 1. The molecule has 1 aliphatic heterocycles. The molecule has 29 heavy (non-hydrogen) atoms. The number of benzene rings is 2. The number of aliphatic imine (C=N–C) groups is 1. The summed E-state index contributed by atoms with van der Waals surface area (Å²) in [5, 5.41) is 9.88. The Hall–Kier alpha value is -3.88. The van der Waals surface area contributed by atoms with Gasteiger partial charge in [0.2, 0.25) is 5.90 Å². The second kappa shape index (κ2) is 9.36. The van der Waals surface area contributed by atoms with Crippen LogP contribution in [0.4, 0.5) is 5.69 Å². The highest BCUT2D eigenvalue weighted by Gasteiger charge is 2.22. The zero-order valence-electron chi connectivity index (χ0n) is 15.4. The number of nitrogens with one attached hydrogen (secondary N) is 2. The lowest BCUT2D eigenvalue weighted by Gasteiger charge is -2.09. The van der Waals surface area contributed by atoms with Crippen molar-refractivity contribution in [3.05, 3.63) is 95.8 Å². The van der Waals surface area contributed by atoms with Crippen molar-refractivity contribution < 1.29 is 9.63 Å². The molecule has 0 spiro atoms. The predicted molar refractivity (Wildman–Crippen MR) is 111 cm³/mol. The first-order chi connectivity index (χ1) is 14.1. The van der Waals surface area contributed by atoms with Crippen LogP contribution in [0.15, 0.2) is 84.1 Å². The largest absolute Gasteiger partial charge is 0.391 e. The van der Waals surface area contributed by atoms with E-state index in [1.165, 1.54) is 6.20 Å². The molecule has 0 fully saturated rings. The molecule has 0 saturated carbocycles. The number of nitrogens with two attached hydrogens (primary N) is 2. The second-order valence-corrected chi connectivity index (χ2v) is 6.01. The van der Waals surface area contributed by atoms with E-state index in [0.717, 1.165) is 22.5 Å². The molecule has 1 unspecified atom stereocenters. The summed E-state index contributed by atoms with van der Waals surface area (Å²) < 4.78 is 0. The molecule has 146 valence electrons. The van der Waals surface area contributed by atoms with Crippen LogP contribution in [-0.4, -0.2) is 28.7 Å². The van der Waals surface area contributed by atoms with Gasteiger partial charge in [-0.1, -0.05) is 48.5 Å². The lowest BCUT2D eigenvalue weighted by Crippen LogP contribution is -2.33. The molecule has 0 saturated heterocycles. The van der Waals surface area contributed by atoms with Crippen molar-refractivity contribution in [3.8, 4) is 0 Å². The highest BCUT2D eigenvalue weighted by atomic mass is 16.6. The van der Waals surface area contributed by atoms with Gasteiger partial charge in [0, 0.05) is 23.5 Å². The highest BCUT2D eigenvalue weighted by Crippen LogP contribution is 2.23. The van der Waals surface area contributed by atoms with E-state index >= 15 is 0 Å². The minimum absolute atomic E-state index is 0.0758. The summed E-state index contributed by atoms with van der Waals surface area (Å²) in [6.45, 7) is 0. The summed E-state index contributed by atoms with van der Waals surface area (Å²) >= 11 is 0. The fourth-order valence-electron chi connectivity index (χ4n) is 2.66. The number of amides is 1. The van der Waals surface area contributed by atoms with Crippen molar-refractivity contribution >= 4 is 23.2 Å². The van der Waals surface area contributed by atoms with Crippen molar-refractivity contribution in [2.24, 2.45) is 16.6 Å². The number of fused-ring (bicyclic) bond motifs is 1. The molecule has 1 aliphatic rings. The molecule has 2 aromatic carbocycles. The third kappa shape index (κ3) is 4.89. The maximum atomic E-state index is 11.8. The van der Waals surface area contributed by atoms with E-state index in [-0.39, 0.29) is 11.8 Å². The molecule has 1 atom stereocenters.